The van der Waals surface area contributed by atoms with Crippen LogP contribution in [0.4, 0.5) is 17.3 Å². The van der Waals surface area contributed by atoms with E-state index < -0.39 is 11.8 Å². The van der Waals surface area contributed by atoms with Crippen LogP contribution >= 0.6 is 0 Å². The van der Waals surface area contributed by atoms with E-state index in [1.54, 1.807) is 30.5 Å². The first-order valence-electron chi connectivity index (χ1n) is 14.5. The topological polar surface area (TPSA) is 164 Å². The summed E-state index contributed by atoms with van der Waals surface area (Å²) in [5, 5.41) is 19.8. The lowest BCUT2D eigenvalue weighted by atomic mass is 9.93. The highest BCUT2D eigenvalue weighted by atomic mass is 16.3. The molecule has 43 heavy (non-hydrogen) atoms. The smallest absolute Gasteiger partial charge is 0.279 e. The maximum Gasteiger partial charge on any atom is 0.279 e. The number of nitrogens with zero attached hydrogens (tertiary/aromatic N) is 6. The number of nitrogen functional groups attached to an aromatic ring is 1. The van der Waals surface area contributed by atoms with Gasteiger partial charge >= 0.3 is 0 Å². The van der Waals surface area contributed by atoms with Gasteiger partial charge in [-0.05, 0) is 68.4 Å². The van der Waals surface area contributed by atoms with Crippen LogP contribution in [0.3, 0.4) is 0 Å². The van der Waals surface area contributed by atoms with Crippen molar-refractivity contribution in [3.05, 3.63) is 66.1 Å². The van der Waals surface area contributed by atoms with Crippen molar-refractivity contribution in [2.45, 2.75) is 64.6 Å². The van der Waals surface area contributed by atoms with Gasteiger partial charge in [0.2, 0.25) is 0 Å². The number of hydrogen-bond donors (Lipinski definition) is 4. The van der Waals surface area contributed by atoms with Crippen molar-refractivity contribution >= 4 is 40.2 Å². The lowest BCUT2D eigenvalue weighted by Gasteiger charge is -2.33. The summed E-state index contributed by atoms with van der Waals surface area (Å²) in [4.78, 5) is 39.9. The van der Waals surface area contributed by atoms with Gasteiger partial charge < -0.3 is 16.2 Å². The van der Waals surface area contributed by atoms with E-state index in [1.165, 1.54) is 11.3 Å². The predicted octanol–water partition coefficient (Wildman–Crippen LogP) is 3.70. The molecule has 3 aromatic heterocycles. The number of aryl methyl sites for hydroxylation is 1. The van der Waals surface area contributed by atoms with E-state index >= 15 is 0 Å². The van der Waals surface area contributed by atoms with Gasteiger partial charge in [0.25, 0.3) is 11.8 Å². The molecule has 5 N–H and O–H groups in total. The van der Waals surface area contributed by atoms with E-state index in [9.17, 15) is 14.7 Å². The molecule has 1 unspecified atom stereocenters. The Morgan fingerprint density at radius 1 is 1.07 bits per heavy atom. The van der Waals surface area contributed by atoms with Crippen LogP contribution in [0.25, 0.3) is 22.3 Å². The number of aliphatic hydroxyl groups is 1. The Balaban J connectivity index is 1.25. The van der Waals surface area contributed by atoms with Gasteiger partial charge in [-0.25, -0.2) is 30.1 Å². The number of hydrogen-bond acceptors (Lipinski definition) is 9. The monoisotopic (exact) mass is 581 g/mol. The van der Waals surface area contributed by atoms with Crippen molar-refractivity contribution in [2.24, 2.45) is 5.92 Å². The summed E-state index contributed by atoms with van der Waals surface area (Å²) >= 11 is 0. The van der Waals surface area contributed by atoms with Gasteiger partial charge in [0.05, 0.1) is 17.5 Å². The Morgan fingerprint density at radius 2 is 1.81 bits per heavy atom. The van der Waals surface area contributed by atoms with Gasteiger partial charge in [-0.1, -0.05) is 32.0 Å². The highest BCUT2D eigenvalue weighted by molar-refractivity contribution is 6.27. The predicted molar refractivity (Wildman–Crippen MR) is 164 cm³/mol. The highest BCUT2D eigenvalue weighted by Gasteiger charge is 2.34. The number of rotatable bonds is 6. The number of hydrazine groups is 1. The minimum absolute atomic E-state index is 0.0381. The number of carbonyl (C=O) groups excluding carboxylic acids is 2. The number of nitrogens with one attached hydrogen (secondary N) is 2. The molecule has 0 saturated heterocycles. The van der Waals surface area contributed by atoms with Gasteiger partial charge in [-0.15, -0.1) is 0 Å². The molecule has 0 spiro atoms. The number of nitrogens with two attached hydrogens (primary N) is 1. The van der Waals surface area contributed by atoms with E-state index in [2.05, 4.69) is 25.7 Å². The first-order chi connectivity index (χ1) is 20.7. The van der Waals surface area contributed by atoms with Crippen molar-refractivity contribution in [1.82, 2.24) is 30.2 Å². The van der Waals surface area contributed by atoms with Gasteiger partial charge in [0.1, 0.15) is 29.2 Å². The Labute approximate surface area is 249 Å². The molecule has 2 amide bonds. The fraction of sp³-hybridized carbons (Fsp3) is 0.355. The summed E-state index contributed by atoms with van der Waals surface area (Å²) in [5.41, 5.74) is 13.1. The Hall–Kier alpha value is -4.68. The number of benzene rings is 1. The summed E-state index contributed by atoms with van der Waals surface area (Å²) in [6.07, 6.45) is 7.52. The van der Waals surface area contributed by atoms with E-state index in [0.717, 1.165) is 24.0 Å². The molecule has 0 bridgehead atoms. The molecule has 1 saturated carbocycles. The number of amides is 2. The average Bonchev–Trinajstić information content (AvgIpc) is 3.39. The third-order valence-corrected chi connectivity index (χ3v) is 8.09. The molecular formula is C31H35N9O3. The molecule has 222 valence electrons. The summed E-state index contributed by atoms with van der Waals surface area (Å²) in [5.74, 6) is -0.113. The van der Waals surface area contributed by atoms with Crippen LogP contribution in [0, 0.1) is 12.8 Å². The minimum Gasteiger partial charge on any atom is -0.393 e. The van der Waals surface area contributed by atoms with Crippen molar-refractivity contribution in [2.75, 3.05) is 16.1 Å². The maximum absolute atomic E-state index is 13.4. The number of carbonyl (C=O) groups is 2. The molecular weight excluding hydrogens is 546 g/mol. The molecule has 0 radical (unpaired) electrons. The largest absolute Gasteiger partial charge is 0.393 e. The maximum atomic E-state index is 13.4. The van der Waals surface area contributed by atoms with E-state index in [4.69, 9.17) is 10.8 Å². The number of pyridine rings is 1. The number of aliphatic hydroxyl groups excluding tert-OH is 1. The summed E-state index contributed by atoms with van der Waals surface area (Å²) in [6, 6.07) is 10.7. The van der Waals surface area contributed by atoms with Gasteiger partial charge in [0.15, 0.2) is 5.65 Å². The van der Waals surface area contributed by atoms with Crippen LogP contribution in [-0.4, -0.2) is 53.8 Å². The molecule has 1 aliphatic carbocycles. The fourth-order valence-electron chi connectivity index (χ4n) is 5.56. The quantitative estimate of drug-likeness (QED) is 0.249. The molecule has 12 heteroatoms. The SMILES string of the molecule is Cc1ccc(N2NC(C(C)C)C=C(C(=O)Nc3ccc(-c4nn(C5CCC(O)CC5)c5ncnc(N)c45)cc3)C2=O)nc1. The van der Waals surface area contributed by atoms with Gasteiger partial charge in [0, 0.05) is 23.5 Å². The molecule has 1 fully saturated rings. The summed E-state index contributed by atoms with van der Waals surface area (Å²) in [7, 11) is 0. The van der Waals surface area contributed by atoms with Crippen molar-refractivity contribution in [3.63, 3.8) is 0 Å². The molecule has 4 aromatic rings. The second-order valence-electron chi connectivity index (χ2n) is 11.6. The highest BCUT2D eigenvalue weighted by Crippen LogP contribution is 2.36. The van der Waals surface area contributed by atoms with Crippen LogP contribution in [0.2, 0.25) is 0 Å². The lowest BCUT2D eigenvalue weighted by Crippen LogP contribution is -2.55. The van der Waals surface area contributed by atoms with E-state index in [0.29, 0.717) is 46.9 Å². The second-order valence-corrected chi connectivity index (χ2v) is 11.6. The minimum atomic E-state index is -0.506. The molecule has 1 atom stereocenters. The third kappa shape index (κ3) is 5.58. The average molecular weight is 582 g/mol. The molecule has 1 aromatic carbocycles. The molecule has 12 nitrogen and oxygen atoms in total. The molecule has 4 heterocycles. The normalized spacial score (nSPS) is 20.9. The molecule has 2 aliphatic rings. The number of aromatic nitrogens is 5. The zero-order chi connectivity index (χ0) is 30.2. The Bertz CT molecular complexity index is 1690. The van der Waals surface area contributed by atoms with Crippen LogP contribution in [0.1, 0.15) is 51.1 Å². The zero-order valence-corrected chi connectivity index (χ0v) is 24.4. The zero-order valence-electron chi connectivity index (χ0n) is 24.4. The Kier molecular flexibility index (Phi) is 7.63. The first-order valence-corrected chi connectivity index (χ1v) is 14.5. The lowest BCUT2D eigenvalue weighted by molar-refractivity contribution is -0.120. The van der Waals surface area contributed by atoms with Crippen molar-refractivity contribution in [3.8, 4) is 11.3 Å². The van der Waals surface area contributed by atoms with Gasteiger partial charge in [-0.3, -0.25) is 9.59 Å². The van der Waals surface area contributed by atoms with Crippen LogP contribution in [0.15, 0.2) is 60.6 Å². The van der Waals surface area contributed by atoms with Gasteiger partial charge in [-0.2, -0.15) is 5.10 Å². The van der Waals surface area contributed by atoms with Crippen molar-refractivity contribution in [1.29, 1.82) is 0 Å². The number of fused-ring (bicyclic) bond motifs is 1. The molecule has 1 aliphatic heterocycles. The molecule has 6 rings (SSSR count). The Morgan fingerprint density at radius 3 is 2.49 bits per heavy atom. The fourth-order valence-corrected chi connectivity index (χ4v) is 5.56. The number of anilines is 3. The van der Waals surface area contributed by atoms with Crippen LogP contribution < -0.4 is 21.5 Å². The van der Waals surface area contributed by atoms with E-state index in [1.807, 2.05) is 43.7 Å². The third-order valence-electron chi connectivity index (χ3n) is 8.09. The van der Waals surface area contributed by atoms with E-state index in [-0.39, 0.29) is 29.7 Å². The summed E-state index contributed by atoms with van der Waals surface area (Å²) in [6.45, 7) is 5.95. The second kappa shape index (κ2) is 11.5. The first kappa shape index (κ1) is 28.4. The van der Waals surface area contributed by atoms with Crippen LogP contribution in [0.5, 0.6) is 0 Å². The van der Waals surface area contributed by atoms with Crippen molar-refractivity contribution < 1.29 is 14.7 Å². The summed E-state index contributed by atoms with van der Waals surface area (Å²) < 4.78 is 1.90. The standard InChI is InChI=1S/C31H35N9O3/c1-17(2)24-14-23(31(43)40(37-24)25-13-4-18(3)15-33-25)30(42)36-20-7-5-19(6-8-20)27-26-28(32)34-16-35-29(26)39(38-27)21-9-11-22(41)12-10-21/h4-8,13-17,21-22,24,37,41H,9-12H2,1-3H3,(H,36,42)(H2,32,34,35). The van der Waals surface area contributed by atoms with Crippen LogP contribution in [-0.2, 0) is 9.59 Å².